The average molecular weight is 180 g/mol. The molecule has 0 unspecified atom stereocenters. The lowest BCUT2D eigenvalue weighted by Crippen LogP contribution is -2.06. The van der Waals surface area contributed by atoms with Gasteiger partial charge in [-0.25, -0.2) is 4.79 Å². The molecule has 0 fully saturated rings. The number of thioether (sulfide) groups is 1. The van der Waals surface area contributed by atoms with Crippen molar-refractivity contribution in [2.75, 3.05) is 7.05 Å². The van der Waals surface area contributed by atoms with Gasteiger partial charge in [-0.15, -0.1) is 0 Å². The maximum Gasteiger partial charge on any atom is 0.138 e. The van der Waals surface area contributed by atoms with Crippen LogP contribution in [0.3, 0.4) is 0 Å². The fourth-order valence-corrected chi connectivity index (χ4v) is 1.85. The first-order chi connectivity index (χ1) is 5.83. The van der Waals surface area contributed by atoms with Gasteiger partial charge in [-0.1, -0.05) is 0 Å². The van der Waals surface area contributed by atoms with Crippen LogP contribution in [0.4, 0.5) is 0 Å². The summed E-state index contributed by atoms with van der Waals surface area (Å²) < 4.78 is 0. The number of thiocyanates is 1. The fraction of sp³-hybridized carbons (Fsp3) is 0.375. The van der Waals surface area contributed by atoms with Crippen LogP contribution in [0.2, 0.25) is 0 Å². The molecule has 0 spiro atoms. The third-order valence-corrected chi connectivity index (χ3v) is 2.47. The number of nitriles is 1. The largest absolute Gasteiger partial charge is 0.387 e. The van der Waals surface area contributed by atoms with Gasteiger partial charge in [0.2, 0.25) is 0 Å². The van der Waals surface area contributed by atoms with Crippen molar-refractivity contribution < 1.29 is 4.79 Å². The Morgan fingerprint density at radius 1 is 1.58 bits per heavy atom. The Morgan fingerprint density at radius 2 is 2.33 bits per heavy atom. The van der Waals surface area contributed by atoms with Crippen molar-refractivity contribution in [1.82, 2.24) is 5.32 Å². The number of nitrogens with one attached hydrogen (secondary N) is 1. The average Bonchev–Trinajstić information content (AvgIpc) is 2.47. The van der Waals surface area contributed by atoms with E-state index in [1.165, 1.54) is 0 Å². The van der Waals surface area contributed by atoms with Gasteiger partial charge in [0, 0.05) is 12.0 Å². The molecule has 1 rings (SSSR count). The standard InChI is InChI=1S/C8H8N2OS/c1-10-8-6(4-11)2-3-7(8)12-5-9/h10H,2-3H2,1H3. The molecule has 62 valence electrons. The summed E-state index contributed by atoms with van der Waals surface area (Å²) in [6, 6.07) is 0. The Labute approximate surface area is 75.1 Å². The van der Waals surface area contributed by atoms with Crippen LogP contribution in [0.25, 0.3) is 0 Å². The molecule has 0 aliphatic heterocycles. The third kappa shape index (κ3) is 1.53. The summed E-state index contributed by atoms with van der Waals surface area (Å²) in [7, 11) is 1.75. The topological polar surface area (TPSA) is 52.9 Å². The van der Waals surface area contributed by atoms with Gasteiger partial charge in [0.25, 0.3) is 0 Å². The molecule has 4 heteroatoms. The van der Waals surface area contributed by atoms with E-state index in [9.17, 15) is 4.79 Å². The summed E-state index contributed by atoms with van der Waals surface area (Å²) in [4.78, 5) is 11.3. The van der Waals surface area contributed by atoms with E-state index in [2.05, 4.69) is 5.32 Å². The lowest BCUT2D eigenvalue weighted by molar-refractivity contribution is 0.566. The molecule has 12 heavy (non-hydrogen) atoms. The zero-order chi connectivity index (χ0) is 8.97. The van der Waals surface area contributed by atoms with Gasteiger partial charge in [0.1, 0.15) is 11.3 Å². The van der Waals surface area contributed by atoms with Crippen LogP contribution in [-0.4, -0.2) is 13.0 Å². The molecule has 3 nitrogen and oxygen atoms in total. The Balaban J connectivity index is 2.96. The molecule has 0 heterocycles. The third-order valence-electron chi connectivity index (χ3n) is 1.72. The number of likely N-dealkylation sites (N-methyl/N-ethyl adjacent to an activating group) is 1. The van der Waals surface area contributed by atoms with E-state index < -0.39 is 0 Å². The van der Waals surface area contributed by atoms with E-state index >= 15 is 0 Å². The molecule has 1 aliphatic rings. The normalized spacial score (nSPS) is 15.8. The second kappa shape index (κ2) is 4.01. The minimum Gasteiger partial charge on any atom is -0.387 e. The molecule has 1 aliphatic carbocycles. The summed E-state index contributed by atoms with van der Waals surface area (Å²) in [5.41, 5.74) is 1.44. The van der Waals surface area contributed by atoms with Crippen molar-refractivity contribution in [2.45, 2.75) is 12.8 Å². The molecule has 0 aromatic rings. The van der Waals surface area contributed by atoms with Crippen molar-refractivity contribution >= 4 is 17.7 Å². The number of nitrogens with zero attached hydrogens (tertiary/aromatic N) is 1. The van der Waals surface area contributed by atoms with Gasteiger partial charge < -0.3 is 5.32 Å². The molecule has 0 amide bonds. The number of hydrogen-bond acceptors (Lipinski definition) is 4. The van der Waals surface area contributed by atoms with Crippen LogP contribution in [0.15, 0.2) is 16.2 Å². The Hall–Kier alpha value is -1.17. The van der Waals surface area contributed by atoms with Crippen molar-refractivity contribution in [2.24, 2.45) is 0 Å². The Kier molecular flexibility index (Phi) is 2.98. The first-order valence-corrected chi connectivity index (χ1v) is 4.36. The minimum absolute atomic E-state index is 0.648. The zero-order valence-electron chi connectivity index (χ0n) is 6.68. The molecule has 0 aromatic carbocycles. The number of hydrogen-bond donors (Lipinski definition) is 1. The van der Waals surface area contributed by atoms with Gasteiger partial charge in [0.15, 0.2) is 0 Å². The van der Waals surface area contributed by atoms with E-state index in [1.807, 2.05) is 11.3 Å². The highest BCUT2D eigenvalue weighted by Gasteiger charge is 2.19. The summed E-state index contributed by atoms with van der Waals surface area (Å²) in [5.74, 6) is 1.88. The maximum absolute atomic E-state index is 10.4. The lowest BCUT2D eigenvalue weighted by atomic mass is 10.2. The summed E-state index contributed by atoms with van der Waals surface area (Å²) in [5, 5.41) is 13.3. The Morgan fingerprint density at radius 3 is 2.83 bits per heavy atom. The summed E-state index contributed by atoms with van der Waals surface area (Å²) >= 11 is 1.11. The molecule has 0 atom stereocenters. The first kappa shape index (κ1) is 8.92. The van der Waals surface area contributed by atoms with Crippen LogP contribution in [0.5, 0.6) is 0 Å². The number of allylic oxidation sites excluding steroid dienone is 2. The van der Waals surface area contributed by atoms with Gasteiger partial charge in [0.05, 0.1) is 11.3 Å². The second-order valence-electron chi connectivity index (χ2n) is 2.32. The van der Waals surface area contributed by atoms with Crippen molar-refractivity contribution in [3.63, 3.8) is 0 Å². The van der Waals surface area contributed by atoms with Gasteiger partial charge >= 0.3 is 0 Å². The van der Waals surface area contributed by atoms with E-state index in [-0.39, 0.29) is 0 Å². The number of carbonyl (C=O) groups excluding carboxylic acids is 1. The lowest BCUT2D eigenvalue weighted by Gasteiger charge is -2.00. The van der Waals surface area contributed by atoms with Gasteiger partial charge in [-0.3, -0.25) is 0 Å². The molecule has 0 aromatic heterocycles. The quantitative estimate of drug-likeness (QED) is 0.512. The zero-order valence-corrected chi connectivity index (χ0v) is 7.49. The summed E-state index contributed by atoms with van der Waals surface area (Å²) in [6.45, 7) is 0. The molecule has 0 bridgehead atoms. The molecule has 0 saturated heterocycles. The highest BCUT2D eigenvalue weighted by atomic mass is 32.2. The first-order valence-electron chi connectivity index (χ1n) is 3.54. The van der Waals surface area contributed by atoms with Gasteiger partial charge in [-0.05, 0) is 24.6 Å². The predicted octanol–water partition coefficient (Wildman–Crippen LogP) is 1.18. The van der Waals surface area contributed by atoms with E-state index in [1.54, 1.807) is 7.05 Å². The highest BCUT2D eigenvalue weighted by molar-refractivity contribution is 8.07. The molecular weight excluding hydrogens is 172 g/mol. The van der Waals surface area contributed by atoms with E-state index in [0.717, 1.165) is 28.8 Å². The molecule has 0 radical (unpaired) electrons. The maximum atomic E-state index is 10.4. The Bertz CT molecular complexity index is 308. The van der Waals surface area contributed by atoms with Crippen molar-refractivity contribution in [3.8, 4) is 5.40 Å². The molecule has 0 saturated carbocycles. The van der Waals surface area contributed by atoms with Crippen molar-refractivity contribution in [3.05, 3.63) is 16.2 Å². The van der Waals surface area contributed by atoms with Crippen molar-refractivity contribution in [1.29, 1.82) is 5.26 Å². The van der Waals surface area contributed by atoms with Gasteiger partial charge in [-0.2, -0.15) is 5.26 Å². The van der Waals surface area contributed by atoms with Crippen LogP contribution < -0.4 is 5.32 Å². The van der Waals surface area contributed by atoms with Crippen LogP contribution in [0.1, 0.15) is 12.8 Å². The van der Waals surface area contributed by atoms with Crippen LogP contribution in [0, 0.1) is 10.7 Å². The smallest absolute Gasteiger partial charge is 0.138 e. The van der Waals surface area contributed by atoms with E-state index in [0.29, 0.717) is 12.0 Å². The molecular formula is C8H8N2OS. The monoisotopic (exact) mass is 180 g/mol. The highest BCUT2D eigenvalue weighted by Crippen LogP contribution is 2.34. The van der Waals surface area contributed by atoms with E-state index in [4.69, 9.17) is 5.26 Å². The molecule has 1 N–H and O–H groups in total. The number of rotatable bonds is 2. The predicted molar refractivity (Wildman–Crippen MR) is 47.7 cm³/mol. The SMILES string of the molecule is CNC1=C(SC#N)CCC1=C=O. The van der Waals surface area contributed by atoms with Crippen LogP contribution in [-0.2, 0) is 4.79 Å². The fourth-order valence-electron chi connectivity index (χ4n) is 1.21. The second-order valence-corrected chi connectivity index (χ2v) is 3.20. The minimum atomic E-state index is 0.648. The van der Waals surface area contributed by atoms with Crippen LogP contribution >= 0.6 is 11.8 Å². The summed E-state index contributed by atoms with van der Waals surface area (Å²) in [6.07, 6.45) is 1.47.